The third kappa shape index (κ3) is 5.25. The third-order valence-electron chi connectivity index (χ3n) is 4.28. The van der Waals surface area contributed by atoms with Gasteiger partial charge >= 0.3 is 11.9 Å². The smallest absolute Gasteiger partial charge is 0.355 e. The highest BCUT2D eigenvalue weighted by Crippen LogP contribution is 2.20. The lowest BCUT2D eigenvalue weighted by atomic mass is 10.1. The summed E-state index contributed by atoms with van der Waals surface area (Å²) in [6, 6.07) is 6.35. The first-order valence-corrected chi connectivity index (χ1v) is 9.30. The normalized spacial score (nSPS) is 10.3. The molecular formula is C21H25N3O6. The molecule has 0 saturated heterocycles. The zero-order valence-corrected chi connectivity index (χ0v) is 17.6. The zero-order chi connectivity index (χ0) is 22.4. The summed E-state index contributed by atoms with van der Waals surface area (Å²) < 4.78 is 10.0. The van der Waals surface area contributed by atoms with Crippen molar-refractivity contribution in [3.05, 3.63) is 52.3 Å². The third-order valence-corrected chi connectivity index (χ3v) is 4.28. The molecule has 0 aliphatic heterocycles. The molecule has 0 aliphatic rings. The summed E-state index contributed by atoms with van der Waals surface area (Å²) in [5.74, 6) is -1.97. The fraction of sp³-hybridized carbons (Fsp3) is 0.333. The molecule has 2 amide bonds. The fourth-order valence-electron chi connectivity index (χ4n) is 2.82. The fourth-order valence-corrected chi connectivity index (χ4v) is 2.82. The maximum atomic E-state index is 12.4. The van der Waals surface area contributed by atoms with Crippen LogP contribution < -0.4 is 5.32 Å². The molecule has 0 spiro atoms. The molecule has 1 aromatic carbocycles. The van der Waals surface area contributed by atoms with Gasteiger partial charge in [0.25, 0.3) is 11.8 Å². The number of aryl methyl sites for hydroxylation is 1. The molecule has 0 radical (unpaired) electrons. The lowest BCUT2D eigenvalue weighted by Crippen LogP contribution is -2.22. The average molecular weight is 415 g/mol. The van der Waals surface area contributed by atoms with E-state index in [0.717, 1.165) is 0 Å². The number of aromatic nitrogens is 1. The van der Waals surface area contributed by atoms with Gasteiger partial charge < -0.3 is 24.7 Å². The van der Waals surface area contributed by atoms with E-state index in [2.05, 4.69) is 10.3 Å². The van der Waals surface area contributed by atoms with E-state index >= 15 is 0 Å². The maximum Gasteiger partial charge on any atom is 0.355 e. The Morgan fingerprint density at radius 2 is 1.63 bits per heavy atom. The predicted molar refractivity (Wildman–Crippen MR) is 110 cm³/mol. The Morgan fingerprint density at radius 1 is 1.00 bits per heavy atom. The Kier molecular flexibility index (Phi) is 7.35. The van der Waals surface area contributed by atoms with Crippen LogP contribution in [0.1, 0.15) is 49.4 Å². The minimum atomic E-state index is -0.723. The molecule has 1 heterocycles. The highest BCUT2D eigenvalue weighted by atomic mass is 16.5. The highest BCUT2D eigenvalue weighted by molar-refractivity contribution is 6.00. The summed E-state index contributed by atoms with van der Waals surface area (Å²) in [4.78, 5) is 52.6. The van der Waals surface area contributed by atoms with Crippen molar-refractivity contribution in [1.82, 2.24) is 9.88 Å². The van der Waals surface area contributed by atoms with Crippen LogP contribution in [0.2, 0.25) is 0 Å². The van der Waals surface area contributed by atoms with Gasteiger partial charge in [-0.15, -0.1) is 0 Å². The summed E-state index contributed by atoms with van der Waals surface area (Å²) >= 11 is 0. The van der Waals surface area contributed by atoms with Crippen molar-refractivity contribution >= 4 is 29.4 Å². The minimum absolute atomic E-state index is 0.152. The van der Waals surface area contributed by atoms with E-state index < -0.39 is 24.5 Å². The van der Waals surface area contributed by atoms with Crippen LogP contribution in [0, 0.1) is 13.8 Å². The second-order valence-corrected chi connectivity index (χ2v) is 6.75. The number of aromatic amines is 1. The van der Waals surface area contributed by atoms with E-state index in [9.17, 15) is 19.2 Å². The van der Waals surface area contributed by atoms with Gasteiger partial charge in [0, 0.05) is 31.0 Å². The van der Waals surface area contributed by atoms with Crippen molar-refractivity contribution in [2.75, 3.05) is 32.6 Å². The van der Waals surface area contributed by atoms with Gasteiger partial charge in [0.2, 0.25) is 0 Å². The number of anilines is 1. The molecule has 0 atom stereocenters. The number of nitrogens with zero attached hydrogens (tertiary/aromatic N) is 1. The summed E-state index contributed by atoms with van der Waals surface area (Å²) in [5.41, 5.74) is 2.17. The average Bonchev–Trinajstić information content (AvgIpc) is 3.00. The molecule has 0 unspecified atom stereocenters. The lowest BCUT2D eigenvalue weighted by molar-refractivity contribution is -0.119. The highest BCUT2D eigenvalue weighted by Gasteiger charge is 2.24. The van der Waals surface area contributed by atoms with Gasteiger partial charge in [-0.25, -0.2) is 9.59 Å². The Labute approximate surface area is 174 Å². The topological polar surface area (TPSA) is 118 Å². The van der Waals surface area contributed by atoms with Gasteiger partial charge in [-0.3, -0.25) is 9.59 Å². The van der Waals surface area contributed by atoms with E-state index in [1.165, 1.54) is 4.90 Å². The number of amides is 2. The number of rotatable bonds is 7. The Morgan fingerprint density at radius 3 is 2.20 bits per heavy atom. The van der Waals surface area contributed by atoms with Gasteiger partial charge in [-0.1, -0.05) is 0 Å². The minimum Gasteiger partial charge on any atom is -0.461 e. The van der Waals surface area contributed by atoms with Crippen molar-refractivity contribution in [1.29, 1.82) is 0 Å². The number of carbonyl (C=O) groups excluding carboxylic acids is 4. The van der Waals surface area contributed by atoms with Crippen LogP contribution in [-0.2, 0) is 14.3 Å². The van der Waals surface area contributed by atoms with Crippen molar-refractivity contribution in [2.45, 2.75) is 20.8 Å². The van der Waals surface area contributed by atoms with Gasteiger partial charge in [-0.05, 0) is 50.6 Å². The molecule has 2 aromatic rings. The molecule has 9 heteroatoms. The van der Waals surface area contributed by atoms with Gasteiger partial charge in [0.15, 0.2) is 6.61 Å². The van der Waals surface area contributed by atoms with Gasteiger partial charge in [0.1, 0.15) is 5.69 Å². The van der Waals surface area contributed by atoms with Crippen molar-refractivity contribution in [2.24, 2.45) is 0 Å². The number of benzene rings is 1. The van der Waals surface area contributed by atoms with Crippen LogP contribution in [-0.4, -0.2) is 60.9 Å². The molecule has 30 heavy (non-hydrogen) atoms. The van der Waals surface area contributed by atoms with E-state index in [-0.39, 0.29) is 23.8 Å². The van der Waals surface area contributed by atoms with E-state index in [4.69, 9.17) is 9.47 Å². The number of esters is 2. The predicted octanol–water partition coefficient (Wildman–Crippen LogP) is 2.31. The summed E-state index contributed by atoms with van der Waals surface area (Å²) in [7, 11) is 3.30. The molecule has 0 fully saturated rings. The standard InChI is InChI=1S/C21H25N3O6/c1-6-29-21(28)18-12(2)17(13(3)22-18)20(27)30-11-16(25)23-15-9-7-14(8-10-15)19(26)24(4)5/h7-10,22H,6,11H2,1-5H3,(H,23,25). The molecule has 2 N–H and O–H groups in total. The van der Waals surface area contributed by atoms with Crippen LogP contribution in [0.5, 0.6) is 0 Å². The number of nitrogens with one attached hydrogen (secondary N) is 2. The lowest BCUT2D eigenvalue weighted by Gasteiger charge is -2.11. The second-order valence-electron chi connectivity index (χ2n) is 6.75. The van der Waals surface area contributed by atoms with Crippen molar-refractivity contribution in [3.8, 4) is 0 Å². The van der Waals surface area contributed by atoms with Gasteiger partial charge in [0.05, 0.1) is 12.2 Å². The molecule has 160 valence electrons. The SMILES string of the molecule is CCOC(=O)c1[nH]c(C)c(C(=O)OCC(=O)Nc2ccc(C(=O)N(C)C)cc2)c1C. The molecule has 9 nitrogen and oxygen atoms in total. The first kappa shape index (κ1) is 22.7. The second kappa shape index (κ2) is 9.73. The molecule has 0 saturated carbocycles. The van der Waals surface area contributed by atoms with E-state index in [0.29, 0.717) is 22.5 Å². The molecule has 0 aliphatic carbocycles. The van der Waals surface area contributed by atoms with Crippen LogP contribution in [0.25, 0.3) is 0 Å². The maximum absolute atomic E-state index is 12.4. The number of carbonyl (C=O) groups is 4. The largest absolute Gasteiger partial charge is 0.461 e. The Bertz CT molecular complexity index is 960. The molecule has 1 aromatic heterocycles. The summed E-state index contributed by atoms with van der Waals surface area (Å²) in [6.45, 7) is 4.62. The van der Waals surface area contributed by atoms with Crippen molar-refractivity contribution in [3.63, 3.8) is 0 Å². The quantitative estimate of drug-likeness (QED) is 0.670. The van der Waals surface area contributed by atoms with Crippen LogP contribution in [0.15, 0.2) is 24.3 Å². The van der Waals surface area contributed by atoms with Crippen molar-refractivity contribution < 1.29 is 28.7 Å². The Hall–Kier alpha value is -3.62. The first-order chi connectivity index (χ1) is 14.1. The Balaban J connectivity index is 1.97. The number of hydrogen-bond donors (Lipinski definition) is 2. The summed E-state index contributed by atoms with van der Waals surface area (Å²) in [6.07, 6.45) is 0. The van der Waals surface area contributed by atoms with Crippen LogP contribution in [0.4, 0.5) is 5.69 Å². The number of hydrogen-bond acceptors (Lipinski definition) is 6. The van der Waals surface area contributed by atoms with E-state index in [1.807, 2.05) is 0 Å². The van der Waals surface area contributed by atoms with Crippen LogP contribution in [0.3, 0.4) is 0 Å². The van der Waals surface area contributed by atoms with Crippen LogP contribution >= 0.6 is 0 Å². The van der Waals surface area contributed by atoms with Gasteiger partial charge in [-0.2, -0.15) is 0 Å². The first-order valence-electron chi connectivity index (χ1n) is 9.30. The molecular weight excluding hydrogens is 390 g/mol. The van der Waals surface area contributed by atoms with E-state index in [1.54, 1.807) is 59.1 Å². The molecule has 0 bridgehead atoms. The zero-order valence-electron chi connectivity index (χ0n) is 17.6. The summed E-state index contributed by atoms with van der Waals surface area (Å²) in [5, 5.41) is 2.59. The molecule has 2 rings (SSSR count). The number of ether oxygens (including phenoxy) is 2. The number of H-pyrrole nitrogens is 1. The monoisotopic (exact) mass is 415 g/mol.